The monoisotopic (exact) mass is 255 g/mol. The van der Waals surface area contributed by atoms with E-state index in [9.17, 15) is 0 Å². The normalized spacial score (nSPS) is 11.3. The van der Waals surface area contributed by atoms with E-state index in [1.807, 2.05) is 20.0 Å². The summed E-state index contributed by atoms with van der Waals surface area (Å²) in [6, 6.07) is 10.5. The molecule has 0 atom stereocenters. The topological polar surface area (TPSA) is 43.0 Å². The molecule has 0 aliphatic carbocycles. The average Bonchev–Trinajstić information content (AvgIpc) is 2.99. The Balaban J connectivity index is 1.98. The minimum Gasteiger partial charge on any atom is -0.361 e. The summed E-state index contributed by atoms with van der Waals surface area (Å²) >= 11 is 0. The molecule has 4 heteroatoms. The van der Waals surface area contributed by atoms with Gasteiger partial charge in [-0.25, -0.2) is 0 Å². The zero-order valence-corrected chi connectivity index (χ0v) is 11.2. The molecule has 0 bridgehead atoms. The van der Waals surface area contributed by atoms with Crippen LogP contribution in [0.25, 0.3) is 10.9 Å². The molecule has 2 aromatic heterocycles. The highest BCUT2D eigenvalue weighted by Crippen LogP contribution is 2.21. The van der Waals surface area contributed by atoms with E-state index < -0.39 is 0 Å². The quantitative estimate of drug-likeness (QED) is 0.779. The van der Waals surface area contributed by atoms with Crippen LogP contribution in [-0.2, 0) is 13.1 Å². The minimum atomic E-state index is 0.740. The van der Waals surface area contributed by atoms with Crippen LogP contribution in [0.4, 0.5) is 0 Å². The third kappa shape index (κ3) is 2.27. The SMILES string of the molecule is CNCc1cccc2c1ccn2Cc1cc(C)on1. The van der Waals surface area contributed by atoms with E-state index in [1.54, 1.807) is 0 Å². The second kappa shape index (κ2) is 4.90. The van der Waals surface area contributed by atoms with Gasteiger partial charge in [0.1, 0.15) is 11.5 Å². The van der Waals surface area contributed by atoms with Crippen LogP contribution < -0.4 is 5.32 Å². The lowest BCUT2D eigenvalue weighted by atomic mass is 10.1. The minimum absolute atomic E-state index is 0.740. The average molecular weight is 255 g/mol. The predicted octanol–water partition coefficient (Wildman–Crippen LogP) is 2.71. The molecule has 4 nitrogen and oxygen atoms in total. The molecule has 98 valence electrons. The number of nitrogens with zero attached hydrogens (tertiary/aromatic N) is 2. The lowest BCUT2D eigenvalue weighted by Gasteiger charge is -2.05. The summed E-state index contributed by atoms with van der Waals surface area (Å²) in [5.41, 5.74) is 3.50. The molecule has 0 aliphatic rings. The first-order valence-corrected chi connectivity index (χ1v) is 6.41. The van der Waals surface area contributed by atoms with Gasteiger partial charge in [0.15, 0.2) is 0 Å². The van der Waals surface area contributed by atoms with Crippen LogP contribution in [0.3, 0.4) is 0 Å². The smallest absolute Gasteiger partial charge is 0.133 e. The molecular weight excluding hydrogens is 238 g/mol. The number of aromatic nitrogens is 2. The third-order valence-electron chi connectivity index (χ3n) is 3.28. The molecule has 3 rings (SSSR count). The van der Waals surface area contributed by atoms with Crippen molar-refractivity contribution < 1.29 is 4.52 Å². The van der Waals surface area contributed by atoms with Gasteiger partial charge < -0.3 is 14.4 Å². The number of rotatable bonds is 4. The van der Waals surface area contributed by atoms with E-state index >= 15 is 0 Å². The molecule has 19 heavy (non-hydrogen) atoms. The van der Waals surface area contributed by atoms with E-state index in [2.05, 4.69) is 45.5 Å². The molecule has 0 aliphatic heterocycles. The van der Waals surface area contributed by atoms with Gasteiger partial charge in [-0.1, -0.05) is 17.3 Å². The van der Waals surface area contributed by atoms with Crippen molar-refractivity contribution in [2.75, 3.05) is 7.05 Å². The van der Waals surface area contributed by atoms with Gasteiger partial charge in [-0.15, -0.1) is 0 Å². The van der Waals surface area contributed by atoms with Gasteiger partial charge in [-0.2, -0.15) is 0 Å². The van der Waals surface area contributed by atoms with Gasteiger partial charge in [-0.3, -0.25) is 0 Å². The number of fused-ring (bicyclic) bond motifs is 1. The summed E-state index contributed by atoms with van der Waals surface area (Å²) in [4.78, 5) is 0. The number of hydrogen-bond donors (Lipinski definition) is 1. The van der Waals surface area contributed by atoms with Crippen molar-refractivity contribution in [3.05, 3.63) is 53.5 Å². The van der Waals surface area contributed by atoms with Crippen LogP contribution in [0.2, 0.25) is 0 Å². The highest BCUT2D eigenvalue weighted by atomic mass is 16.5. The number of nitrogens with one attached hydrogen (secondary N) is 1. The lowest BCUT2D eigenvalue weighted by molar-refractivity contribution is 0.389. The Morgan fingerprint density at radius 1 is 1.32 bits per heavy atom. The Bertz CT molecular complexity index is 696. The van der Waals surface area contributed by atoms with Crippen molar-refractivity contribution in [3.63, 3.8) is 0 Å². The molecule has 0 fully saturated rings. The predicted molar refractivity (Wildman–Crippen MR) is 75.0 cm³/mol. The van der Waals surface area contributed by atoms with E-state index in [0.29, 0.717) is 0 Å². The first-order chi connectivity index (χ1) is 9.28. The number of benzene rings is 1. The standard InChI is InChI=1S/C15H17N3O/c1-11-8-13(17-19-11)10-18-7-6-14-12(9-16-2)4-3-5-15(14)18/h3-8,16H,9-10H2,1-2H3. The van der Waals surface area contributed by atoms with E-state index in [1.165, 1.54) is 16.5 Å². The molecule has 3 aromatic rings. The van der Waals surface area contributed by atoms with Crippen LogP contribution >= 0.6 is 0 Å². The molecule has 0 radical (unpaired) electrons. The zero-order valence-electron chi connectivity index (χ0n) is 11.2. The first-order valence-electron chi connectivity index (χ1n) is 6.41. The molecule has 0 unspecified atom stereocenters. The van der Waals surface area contributed by atoms with Crippen molar-refractivity contribution in [2.45, 2.75) is 20.0 Å². The maximum absolute atomic E-state index is 5.11. The van der Waals surface area contributed by atoms with E-state index in [4.69, 9.17) is 4.52 Å². The fourth-order valence-electron chi connectivity index (χ4n) is 2.44. The van der Waals surface area contributed by atoms with Crippen molar-refractivity contribution >= 4 is 10.9 Å². The Kier molecular flexibility index (Phi) is 3.09. The van der Waals surface area contributed by atoms with Gasteiger partial charge in [0, 0.05) is 29.7 Å². The van der Waals surface area contributed by atoms with Crippen molar-refractivity contribution in [2.24, 2.45) is 0 Å². The Morgan fingerprint density at radius 2 is 2.21 bits per heavy atom. The summed E-state index contributed by atoms with van der Waals surface area (Å²) in [5.74, 6) is 0.849. The Morgan fingerprint density at radius 3 is 2.95 bits per heavy atom. The fourth-order valence-corrected chi connectivity index (χ4v) is 2.44. The molecule has 0 spiro atoms. The molecule has 2 heterocycles. The molecule has 0 saturated carbocycles. The Hall–Kier alpha value is -2.07. The summed E-state index contributed by atoms with van der Waals surface area (Å²) < 4.78 is 7.31. The first kappa shape index (κ1) is 12.0. The molecule has 0 saturated heterocycles. The van der Waals surface area contributed by atoms with Crippen molar-refractivity contribution in [1.29, 1.82) is 0 Å². The second-order valence-electron chi connectivity index (χ2n) is 4.75. The summed E-state index contributed by atoms with van der Waals surface area (Å²) in [7, 11) is 1.97. The molecular formula is C15H17N3O. The van der Waals surface area contributed by atoms with E-state index in [0.717, 1.165) is 24.5 Å². The second-order valence-corrected chi connectivity index (χ2v) is 4.75. The van der Waals surface area contributed by atoms with Gasteiger partial charge in [0.2, 0.25) is 0 Å². The number of hydrogen-bond acceptors (Lipinski definition) is 3. The summed E-state index contributed by atoms with van der Waals surface area (Å²) in [6.45, 7) is 3.53. The van der Waals surface area contributed by atoms with Crippen LogP contribution in [-0.4, -0.2) is 16.8 Å². The van der Waals surface area contributed by atoms with Crippen molar-refractivity contribution in [3.8, 4) is 0 Å². The Labute approximate surface area is 112 Å². The highest BCUT2D eigenvalue weighted by Gasteiger charge is 2.07. The highest BCUT2D eigenvalue weighted by molar-refractivity contribution is 5.83. The summed E-state index contributed by atoms with van der Waals surface area (Å²) in [5, 5.41) is 8.54. The van der Waals surface area contributed by atoms with Crippen LogP contribution in [0.15, 0.2) is 41.1 Å². The van der Waals surface area contributed by atoms with Gasteiger partial charge in [0.25, 0.3) is 0 Å². The third-order valence-corrected chi connectivity index (χ3v) is 3.28. The molecule has 0 amide bonds. The molecule has 1 aromatic carbocycles. The van der Waals surface area contributed by atoms with Crippen LogP contribution in [0, 0.1) is 6.92 Å². The maximum atomic E-state index is 5.11. The number of aryl methyl sites for hydroxylation is 1. The van der Waals surface area contributed by atoms with Crippen LogP contribution in [0.5, 0.6) is 0 Å². The molecule has 1 N–H and O–H groups in total. The lowest BCUT2D eigenvalue weighted by Crippen LogP contribution is -2.05. The van der Waals surface area contributed by atoms with Gasteiger partial charge in [0.05, 0.1) is 6.54 Å². The van der Waals surface area contributed by atoms with E-state index in [-0.39, 0.29) is 0 Å². The largest absolute Gasteiger partial charge is 0.361 e. The van der Waals surface area contributed by atoms with Gasteiger partial charge >= 0.3 is 0 Å². The van der Waals surface area contributed by atoms with Crippen LogP contribution in [0.1, 0.15) is 17.0 Å². The summed E-state index contributed by atoms with van der Waals surface area (Å²) in [6.07, 6.45) is 2.10. The zero-order chi connectivity index (χ0) is 13.2. The van der Waals surface area contributed by atoms with Gasteiger partial charge in [-0.05, 0) is 31.7 Å². The van der Waals surface area contributed by atoms with Crippen molar-refractivity contribution in [1.82, 2.24) is 15.0 Å². The maximum Gasteiger partial charge on any atom is 0.133 e. The fraction of sp³-hybridized carbons (Fsp3) is 0.267.